The number of nitrogens with zero attached hydrogens (tertiary/aromatic N) is 3. The zero-order valence-electron chi connectivity index (χ0n) is 10.9. The summed E-state index contributed by atoms with van der Waals surface area (Å²) >= 11 is 0. The molecule has 1 atom stereocenters. The molecule has 0 saturated carbocycles. The van der Waals surface area contributed by atoms with E-state index in [0.717, 1.165) is 26.1 Å². The maximum Gasteiger partial charge on any atom is 0.243 e. The first-order valence-corrected chi connectivity index (χ1v) is 7.79. The minimum atomic E-state index is -3.54. The number of aromatic nitrogens is 2. The van der Waals surface area contributed by atoms with Crippen molar-refractivity contribution in [1.82, 2.24) is 19.6 Å². The van der Waals surface area contributed by atoms with E-state index in [1.807, 2.05) is 0 Å². The Labute approximate surface area is 113 Å². The maximum absolute atomic E-state index is 12.0. The molecule has 3 N–H and O–H groups in total. The van der Waals surface area contributed by atoms with E-state index in [9.17, 15) is 8.42 Å². The lowest BCUT2D eigenvalue weighted by Crippen LogP contribution is -2.31. The summed E-state index contributed by atoms with van der Waals surface area (Å²) in [4.78, 5) is 9.74. The highest BCUT2D eigenvalue weighted by atomic mass is 32.2. The van der Waals surface area contributed by atoms with Crippen molar-refractivity contribution >= 4 is 16.0 Å². The molecule has 1 unspecified atom stereocenters. The second-order valence-corrected chi connectivity index (χ2v) is 6.44. The first kappa shape index (κ1) is 14.2. The van der Waals surface area contributed by atoms with Crippen LogP contribution < -0.4 is 10.5 Å². The molecule has 1 aromatic heterocycles. The van der Waals surface area contributed by atoms with Crippen LogP contribution in [0.4, 0.5) is 5.95 Å². The standard InChI is InChI=1S/C11H19N5O2S/c1-2-16-4-3-9(8-16)5-15-19(17,18)10-6-13-11(12)14-7-10/h6-7,9,15H,2-5,8H2,1H3,(H2,12,13,14). The Morgan fingerprint density at radius 3 is 2.74 bits per heavy atom. The van der Waals surface area contributed by atoms with E-state index in [0.29, 0.717) is 12.5 Å². The Hall–Kier alpha value is -1.25. The van der Waals surface area contributed by atoms with Crippen molar-refractivity contribution in [3.63, 3.8) is 0 Å². The predicted molar refractivity (Wildman–Crippen MR) is 71.9 cm³/mol. The number of anilines is 1. The lowest BCUT2D eigenvalue weighted by Gasteiger charge is -2.13. The van der Waals surface area contributed by atoms with Crippen LogP contribution in [0.15, 0.2) is 17.3 Å². The number of rotatable bonds is 5. The summed E-state index contributed by atoms with van der Waals surface area (Å²) in [5.41, 5.74) is 5.33. The molecular formula is C11H19N5O2S. The first-order valence-electron chi connectivity index (χ1n) is 6.31. The molecule has 7 nitrogen and oxygen atoms in total. The molecule has 0 bridgehead atoms. The Morgan fingerprint density at radius 2 is 2.16 bits per heavy atom. The molecule has 19 heavy (non-hydrogen) atoms. The van der Waals surface area contributed by atoms with E-state index in [2.05, 4.69) is 26.5 Å². The van der Waals surface area contributed by atoms with Gasteiger partial charge in [-0.25, -0.2) is 23.1 Å². The van der Waals surface area contributed by atoms with Crippen molar-refractivity contribution in [2.45, 2.75) is 18.2 Å². The van der Waals surface area contributed by atoms with Crippen LogP contribution in [0.5, 0.6) is 0 Å². The molecule has 0 aromatic carbocycles. The molecule has 8 heteroatoms. The maximum atomic E-state index is 12.0. The topological polar surface area (TPSA) is 101 Å². The molecule has 106 valence electrons. The third kappa shape index (κ3) is 3.62. The van der Waals surface area contributed by atoms with E-state index < -0.39 is 10.0 Å². The average Bonchev–Trinajstić information content (AvgIpc) is 2.85. The molecular weight excluding hydrogens is 266 g/mol. The number of hydrogen-bond donors (Lipinski definition) is 2. The Balaban J connectivity index is 1.93. The lowest BCUT2D eigenvalue weighted by molar-refractivity contribution is 0.342. The van der Waals surface area contributed by atoms with Crippen LogP contribution in [0.2, 0.25) is 0 Å². The second kappa shape index (κ2) is 5.81. The summed E-state index contributed by atoms with van der Waals surface area (Å²) in [5.74, 6) is 0.428. The minimum Gasteiger partial charge on any atom is -0.368 e. The summed E-state index contributed by atoms with van der Waals surface area (Å²) in [5, 5.41) is 0. The fraction of sp³-hybridized carbons (Fsp3) is 0.636. The van der Waals surface area contributed by atoms with Crippen LogP contribution >= 0.6 is 0 Å². The van der Waals surface area contributed by atoms with Gasteiger partial charge < -0.3 is 10.6 Å². The predicted octanol–water partition coefficient (Wildman–Crippen LogP) is -0.321. The number of nitrogens with one attached hydrogen (secondary N) is 1. The second-order valence-electron chi connectivity index (χ2n) is 4.68. The Kier molecular flexibility index (Phi) is 4.33. The van der Waals surface area contributed by atoms with Crippen LogP contribution in [-0.2, 0) is 10.0 Å². The van der Waals surface area contributed by atoms with E-state index in [-0.39, 0.29) is 10.8 Å². The third-order valence-electron chi connectivity index (χ3n) is 3.34. The van der Waals surface area contributed by atoms with E-state index in [1.54, 1.807) is 0 Å². The van der Waals surface area contributed by atoms with Gasteiger partial charge in [0.25, 0.3) is 0 Å². The summed E-state index contributed by atoms with van der Waals surface area (Å²) in [6.45, 7) is 5.54. The molecule has 1 aliphatic rings. The highest BCUT2D eigenvalue weighted by Gasteiger charge is 2.23. The van der Waals surface area contributed by atoms with Crippen molar-refractivity contribution in [2.75, 3.05) is 31.9 Å². The lowest BCUT2D eigenvalue weighted by atomic mass is 10.1. The molecule has 1 aromatic rings. The van der Waals surface area contributed by atoms with E-state index >= 15 is 0 Å². The molecule has 0 radical (unpaired) electrons. The van der Waals surface area contributed by atoms with Crippen molar-refractivity contribution in [1.29, 1.82) is 0 Å². The van der Waals surface area contributed by atoms with Gasteiger partial charge in [0.15, 0.2) is 0 Å². The molecule has 0 spiro atoms. The first-order chi connectivity index (χ1) is 9.01. The van der Waals surface area contributed by atoms with Gasteiger partial charge in [0.2, 0.25) is 16.0 Å². The van der Waals surface area contributed by atoms with Gasteiger partial charge in [-0.15, -0.1) is 0 Å². The molecule has 1 aliphatic heterocycles. The fourth-order valence-corrected chi connectivity index (χ4v) is 3.15. The van der Waals surface area contributed by atoms with E-state index in [1.165, 1.54) is 12.4 Å². The van der Waals surface area contributed by atoms with Gasteiger partial charge in [0, 0.05) is 13.1 Å². The summed E-state index contributed by atoms with van der Waals surface area (Å²) in [6.07, 6.45) is 3.46. The van der Waals surface area contributed by atoms with Crippen molar-refractivity contribution in [3.8, 4) is 0 Å². The van der Waals surface area contributed by atoms with Gasteiger partial charge in [0.05, 0.1) is 12.4 Å². The van der Waals surface area contributed by atoms with Crippen molar-refractivity contribution in [3.05, 3.63) is 12.4 Å². The summed E-state index contributed by atoms with van der Waals surface area (Å²) < 4.78 is 26.6. The third-order valence-corrected chi connectivity index (χ3v) is 4.72. The van der Waals surface area contributed by atoms with Crippen LogP contribution in [0.1, 0.15) is 13.3 Å². The molecule has 0 amide bonds. The highest BCUT2D eigenvalue weighted by molar-refractivity contribution is 7.89. The fourth-order valence-electron chi connectivity index (χ4n) is 2.14. The van der Waals surface area contributed by atoms with Crippen LogP contribution in [-0.4, -0.2) is 49.5 Å². The van der Waals surface area contributed by atoms with Crippen LogP contribution in [0.3, 0.4) is 0 Å². The molecule has 1 fully saturated rings. The summed E-state index contributed by atoms with van der Waals surface area (Å²) in [6, 6.07) is 0. The SMILES string of the molecule is CCN1CCC(CNS(=O)(=O)c2cnc(N)nc2)C1. The number of nitrogens with two attached hydrogens (primary N) is 1. The van der Waals surface area contributed by atoms with Crippen LogP contribution in [0, 0.1) is 5.92 Å². The van der Waals surface area contributed by atoms with Gasteiger partial charge in [-0.2, -0.15) is 0 Å². The normalized spacial score (nSPS) is 20.8. The van der Waals surface area contributed by atoms with Gasteiger partial charge >= 0.3 is 0 Å². The number of sulfonamides is 1. The number of likely N-dealkylation sites (tertiary alicyclic amines) is 1. The average molecular weight is 285 g/mol. The smallest absolute Gasteiger partial charge is 0.243 e. The molecule has 2 heterocycles. The minimum absolute atomic E-state index is 0.0482. The zero-order chi connectivity index (χ0) is 13.9. The highest BCUT2D eigenvalue weighted by Crippen LogP contribution is 2.15. The van der Waals surface area contributed by atoms with Gasteiger partial charge in [-0.1, -0.05) is 6.92 Å². The van der Waals surface area contributed by atoms with E-state index in [4.69, 9.17) is 5.73 Å². The monoisotopic (exact) mass is 285 g/mol. The quantitative estimate of drug-likeness (QED) is 0.769. The van der Waals surface area contributed by atoms with Crippen molar-refractivity contribution in [2.24, 2.45) is 5.92 Å². The largest absolute Gasteiger partial charge is 0.368 e. The van der Waals surface area contributed by atoms with Gasteiger partial charge in [-0.05, 0) is 25.4 Å². The zero-order valence-corrected chi connectivity index (χ0v) is 11.7. The van der Waals surface area contributed by atoms with Crippen LogP contribution in [0.25, 0.3) is 0 Å². The Morgan fingerprint density at radius 1 is 1.47 bits per heavy atom. The van der Waals surface area contributed by atoms with Gasteiger partial charge in [0.1, 0.15) is 4.90 Å². The molecule has 1 saturated heterocycles. The summed E-state index contributed by atoms with van der Waals surface area (Å²) in [7, 11) is -3.54. The molecule has 2 rings (SSSR count). The molecule has 0 aliphatic carbocycles. The number of hydrogen-bond acceptors (Lipinski definition) is 6. The number of nitrogen functional groups attached to an aromatic ring is 1. The Bertz CT molecular complexity index is 516. The van der Waals surface area contributed by atoms with Crippen molar-refractivity contribution < 1.29 is 8.42 Å². The van der Waals surface area contributed by atoms with Gasteiger partial charge in [-0.3, -0.25) is 0 Å².